The lowest BCUT2D eigenvalue weighted by molar-refractivity contribution is 0.0340. The number of fused-ring (bicyclic) bond motifs is 1. The molecule has 7 nitrogen and oxygen atoms in total. The molecular weight excluding hydrogens is 361 g/mol. The number of ether oxygens (including phenoxy) is 1. The monoisotopic (exact) mass is 385 g/mol. The van der Waals surface area contributed by atoms with Crippen molar-refractivity contribution in [2.75, 3.05) is 44.3 Å². The van der Waals surface area contributed by atoms with Crippen LogP contribution in [0.25, 0.3) is 11.1 Å². The molecule has 2 aliphatic rings. The second-order valence-corrected chi connectivity index (χ2v) is 7.59. The topological polar surface area (TPSA) is 70.4 Å². The molecule has 0 radical (unpaired) electrons. The van der Waals surface area contributed by atoms with Crippen LogP contribution in [0.3, 0.4) is 0 Å². The Hall–Kier alpha value is -2.45. The first-order chi connectivity index (χ1) is 13.8. The third kappa shape index (κ3) is 3.49. The highest BCUT2D eigenvalue weighted by molar-refractivity contribution is 5.74. The molecule has 3 aromatic rings. The van der Waals surface area contributed by atoms with E-state index in [1.54, 1.807) is 6.07 Å². The van der Waals surface area contributed by atoms with E-state index >= 15 is 0 Å². The number of benzene rings is 1. The van der Waals surface area contributed by atoms with Crippen molar-refractivity contribution in [3.05, 3.63) is 41.5 Å². The summed E-state index contributed by atoms with van der Waals surface area (Å²) in [6.07, 6.45) is 4.10. The lowest BCUT2D eigenvalue weighted by Gasteiger charge is -2.32. The smallest absolute Gasteiger partial charge is 0.298 e. The summed E-state index contributed by atoms with van der Waals surface area (Å²) in [5.41, 5.74) is 3.64. The van der Waals surface area contributed by atoms with E-state index in [4.69, 9.17) is 9.15 Å². The van der Waals surface area contributed by atoms with Crippen LogP contribution >= 0.6 is 0 Å². The van der Waals surface area contributed by atoms with Crippen molar-refractivity contribution in [1.29, 1.82) is 0 Å². The minimum Gasteiger partial charge on any atom is -0.423 e. The van der Waals surface area contributed by atoms with Gasteiger partial charge in [-0.2, -0.15) is 10.1 Å². The summed E-state index contributed by atoms with van der Waals surface area (Å²) < 4.78 is 24.8. The molecule has 1 atom stereocenters. The van der Waals surface area contributed by atoms with Crippen molar-refractivity contribution in [2.24, 2.45) is 0 Å². The molecule has 2 aromatic heterocycles. The molecule has 0 amide bonds. The van der Waals surface area contributed by atoms with Gasteiger partial charge in [0.05, 0.1) is 19.4 Å². The summed E-state index contributed by atoms with van der Waals surface area (Å²) in [7, 11) is 0. The Morgan fingerprint density at radius 3 is 3.00 bits per heavy atom. The quantitative estimate of drug-likeness (QED) is 0.745. The maximum absolute atomic E-state index is 13.5. The third-order valence-electron chi connectivity index (χ3n) is 5.69. The van der Waals surface area contributed by atoms with Crippen LogP contribution in [0, 0.1) is 5.82 Å². The number of aromatic amines is 1. The van der Waals surface area contributed by atoms with Crippen molar-refractivity contribution in [2.45, 2.75) is 25.3 Å². The number of nitrogens with one attached hydrogen (secondary N) is 1. The van der Waals surface area contributed by atoms with Crippen molar-refractivity contribution in [3.8, 4) is 0 Å². The lowest BCUT2D eigenvalue weighted by Crippen LogP contribution is -2.37. The van der Waals surface area contributed by atoms with Crippen LogP contribution in [0.5, 0.6) is 0 Å². The number of oxazole rings is 1. The molecule has 1 N–H and O–H groups in total. The minimum atomic E-state index is -0.297. The number of piperidine rings is 1. The zero-order valence-electron chi connectivity index (χ0n) is 15.7. The molecular formula is C20H24FN5O2. The molecule has 28 heavy (non-hydrogen) atoms. The zero-order valence-corrected chi connectivity index (χ0v) is 15.7. The fraction of sp³-hybridized carbons (Fsp3) is 0.500. The summed E-state index contributed by atoms with van der Waals surface area (Å²) in [5.74, 6) is 0.0492. The second kappa shape index (κ2) is 7.52. The fourth-order valence-corrected chi connectivity index (χ4v) is 4.21. The van der Waals surface area contributed by atoms with Gasteiger partial charge in [0.25, 0.3) is 6.01 Å². The normalized spacial score (nSPS) is 21.5. The van der Waals surface area contributed by atoms with Crippen LogP contribution in [-0.4, -0.2) is 59.5 Å². The van der Waals surface area contributed by atoms with E-state index in [1.807, 2.05) is 6.20 Å². The van der Waals surface area contributed by atoms with E-state index in [0.717, 1.165) is 58.8 Å². The predicted octanol–water partition coefficient (Wildman–Crippen LogP) is 2.91. The molecule has 5 rings (SSSR count). The van der Waals surface area contributed by atoms with Crippen molar-refractivity contribution >= 4 is 17.1 Å². The highest BCUT2D eigenvalue weighted by Crippen LogP contribution is 2.32. The van der Waals surface area contributed by atoms with Crippen LogP contribution in [0.4, 0.5) is 10.4 Å². The number of morpholine rings is 1. The van der Waals surface area contributed by atoms with Gasteiger partial charge in [-0.25, -0.2) is 4.39 Å². The molecule has 0 aliphatic carbocycles. The Morgan fingerprint density at radius 2 is 2.11 bits per heavy atom. The summed E-state index contributed by atoms with van der Waals surface area (Å²) in [4.78, 5) is 9.07. The van der Waals surface area contributed by atoms with Gasteiger partial charge in [-0.05, 0) is 25.0 Å². The van der Waals surface area contributed by atoms with Gasteiger partial charge in [-0.3, -0.25) is 10.00 Å². The van der Waals surface area contributed by atoms with Gasteiger partial charge >= 0.3 is 0 Å². The number of anilines is 1. The number of hydrogen-bond acceptors (Lipinski definition) is 6. The summed E-state index contributed by atoms with van der Waals surface area (Å²) >= 11 is 0. The lowest BCUT2D eigenvalue weighted by atomic mass is 9.92. The molecule has 2 fully saturated rings. The zero-order chi connectivity index (χ0) is 18.9. The molecule has 148 valence electrons. The second-order valence-electron chi connectivity index (χ2n) is 7.59. The first kappa shape index (κ1) is 17.6. The Bertz CT molecular complexity index is 949. The summed E-state index contributed by atoms with van der Waals surface area (Å²) in [6, 6.07) is 5.02. The van der Waals surface area contributed by atoms with E-state index in [2.05, 4.69) is 25.0 Å². The molecule has 4 heterocycles. The van der Waals surface area contributed by atoms with E-state index in [0.29, 0.717) is 23.0 Å². The van der Waals surface area contributed by atoms with E-state index in [1.165, 1.54) is 23.4 Å². The SMILES string of the molecule is Fc1ccc2oc(N3CCC[C@@H](c4[nH]ncc4CN4CCOCC4)C3)nc2c1. The number of H-pyrrole nitrogens is 1. The van der Waals surface area contributed by atoms with E-state index < -0.39 is 0 Å². The van der Waals surface area contributed by atoms with Crippen LogP contribution < -0.4 is 4.90 Å². The number of halogens is 1. The minimum absolute atomic E-state index is 0.297. The van der Waals surface area contributed by atoms with Crippen molar-refractivity contribution in [1.82, 2.24) is 20.1 Å². The summed E-state index contributed by atoms with van der Waals surface area (Å²) in [5, 5.41) is 7.56. The molecule has 0 spiro atoms. The van der Waals surface area contributed by atoms with Crippen molar-refractivity contribution < 1.29 is 13.5 Å². The molecule has 0 saturated carbocycles. The molecule has 8 heteroatoms. The number of nitrogens with zero attached hydrogens (tertiary/aromatic N) is 4. The Kier molecular flexibility index (Phi) is 4.74. The average Bonchev–Trinajstić information content (AvgIpc) is 3.35. The van der Waals surface area contributed by atoms with Crippen LogP contribution in [0.2, 0.25) is 0 Å². The standard InChI is InChI=1S/C20H24FN5O2/c21-16-3-4-18-17(10-16)23-20(28-18)26-5-1-2-14(13-26)19-15(11-22-24-19)12-25-6-8-27-9-7-25/h3-4,10-11,14H,1-2,5-9,12-13H2,(H,22,24)/t14-/m1/s1. The maximum atomic E-state index is 13.5. The van der Waals surface area contributed by atoms with Crippen LogP contribution in [-0.2, 0) is 11.3 Å². The van der Waals surface area contributed by atoms with Crippen LogP contribution in [0.1, 0.15) is 30.0 Å². The predicted molar refractivity (Wildman–Crippen MR) is 103 cm³/mol. The highest BCUT2D eigenvalue weighted by atomic mass is 19.1. The van der Waals surface area contributed by atoms with Gasteiger partial charge in [-0.15, -0.1) is 0 Å². The molecule has 2 aliphatic heterocycles. The van der Waals surface area contributed by atoms with Gasteiger partial charge in [-0.1, -0.05) is 0 Å². The first-order valence-corrected chi connectivity index (χ1v) is 9.89. The number of hydrogen-bond donors (Lipinski definition) is 1. The Balaban J connectivity index is 1.33. The highest BCUT2D eigenvalue weighted by Gasteiger charge is 2.28. The first-order valence-electron chi connectivity index (χ1n) is 9.89. The Labute approximate surface area is 162 Å². The van der Waals surface area contributed by atoms with E-state index in [9.17, 15) is 4.39 Å². The number of rotatable bonds is 4. The molecule has 1 aromatic carbocycles. The van der Waals surface area contributed by atoms with Gasteiger partial charge in [0.15, 0.2) is 5.58 Å². The van der Waals surface area contributed by atoms with Crippen LogP contribution in [0.15, 0.2) is 28.8 Å². The number of aromatic nitrogens is 3. The van der Waals surface area contributed by atoms with Gasteiger partial charge < -0.3 is 14.1 Å². The maximum Gasteiger partial charge on any atom is 0.298 e. The molecule has 0 unspecified atom stereocenters. The van der Waals surface area contributed by atoms with E-state index in [-0.39, 0.29) is 5.82 Å². The molecule has 2 saturated heterocycles. The average molecular weight is 385 g/mol. The van der Waals surface area contributed by atoms with Crippen molar-refractivity contribution in [3.63, 3.8) is 0 Å². The Morgan fingerprint density at radius 1 is 1.21 bits per heavy atom. The fourth-order valence-electron chi connectivity index (χ4n) is 4.21. The van der Waals surface area contributed by atoms with Gasteiger partial charge in [0.2, 0.25) is 0 Å². The van der Waals surface area contributed by atoms with Gasteiger partial charge in [0.1, 0.15) is 11.3 Å². The molecule has 0 bridgehead atoms. The van der Waals surface area contributed by atoms with Gasteiger partial charge in [0, 0.05) is 56.0 Å². The largest absolute Gasteiger partial charge is 0.423 e. The summed E-state index contributed by atoms with van der Waals surface area (Å²) in [6.45, 7) is 6.10. The third-order valence-corrected chi connectivity index (χ3v) is 5.69.